The Morgan fingerprint density at radius 2 is 1.93 bits per heavy atom. The number of ketones is 1. The number of sulfonamides is 1. The van der Waals surface area contributed by atoms with Gasteiger partial charge in [-0.25, -0.2) is 18.1 Å². The van der Waals surface area contributed by atoms with Crippen molar-refractivity contribution in [3.8, 4) is 0 Å². The monoisotopic (exact) mass is 397 g/mol. The molecule has 0 fully saturated rings. The van der Waals surface area contributed by atoms with Crippen LogP contribution in [0, 0.1) is 0 Å². The van der Waals surface area contributed by atoms with Gasteiger partial charge in [0.05, 0.1) is 4.90 Å². The Hall–Kier alpha value is -3.33. The highest BCUT2D eigenvalue weighted by Gasteiger charge is 2.25. The average molecular weight is 397 g/mol. The van der Waals surface area contributed by atoms with E-state index in [1.807, 2.05) is 4.72 Å². The highest BCUT2D eigenvalue weighted by molar-refractivity contribution is 7.90. The maximum Gasteiger partial charge on any atom is 0.272 e. The van der Waals surface area contributed by atoms with Crippen molar-refractivity contribution in [2.45, 2.75) is 24.2 Å². The summed E-state index contributed by atoms with van der Waals surface area (Å²) in [5.74, 6) is -1.21. The molecule has 2 aromatic heterocycles. The molecule has 0 saturated carbocycles. The number of pyridine rings is 1. The topological polar surface area (TPSA) is 115 Å². The number of aromatic nitrogens is 2. The van der Waals surface area contributed by atoms with Crippen LogP contribution in [0.15, 0.2) is 58.5 Å². The minimum Gasteiger partial charge on any atom is -0.294 e. The van der Waals surface area contributed by atoms with Gasteiger partial charge in [-0.05, 0) is 42.7 Å². The van der Waals surface area contributed by atoms with E-state index < -0.39 is 27.1 Å². The van der Waals surface area contributed by atoms with Crippen LogP contribution in [0.25, 0.3) is 5.65 Å². The number of Topliss-reactive ketones (excluding diaryl/α,β-unsaturated/α-hetero) is 1. The van der Waals surface area contributed by atoms with E-state index in [4.69, 9.17) is 0 Å². The summed E-state index contributed by atoms with van der Waals surface area (Å²) in [6, 6.07) is 9.07. The lowest BCUT2D eigenvalue weighted by molar-refractivity contribution is 0.0967. The molecule has 3 aromatic rings. The van der Waals surface area contributed by atoms with Gasteiger partial charge in [-0.3, -0.25) is 18.8 Å². The van der Waals surface area contributed by atoms with Crippen molar-refractivity contribution < 1.29 is 18.0 Å². The number of rotatable bonds is 3. The summed E-state index contributed by atoms with van der Waals surface area (Å²) < 4.78 is 28.3. The maximum absolute atomic E-state index is 12.6. The zero-order valence-corrected chi connectivity index (χ0v) is 15.4. The minimum absolute atomic E-state index is 0.124. The molecule has 1 N–H and O–H groups in total. The van der Waals surface area contributed by atoms with Gasteiger partial charge in [0, 0.05) is 24.4 Å². The van der Waals surface area contributed by atoms with Crippen LogP contribution >= 0.6 is 0 Å². The fourth-order valence-electron chi connectivity index (χ4n) is 3.19. The van der Waals surface area contributed by atoms with E-state index >= 15 is 0 Å². The first-order valence-corrected chi connectivity index (χ1v) is 10.0. The SMILES string of the molecule is O=C1CCCc2ccc(S(=O)(=O)NC(=O)c3cnc4ccccn4c3=O)cc21. The predicted molar refractivity (Wildman–Crippen MR) is 99.8 cm³/mol. The third kappa shape index (κ3) is 3.09. The number of nitrogens with one attached hydrogen (secondary N) is 1. The number of hydrogen-bond donors (Lipinski definition) is 1. The second kappa shape index (κ2) is 6.68. The van der Waals surface area contributed by atoms with Gasteiger partial charge < -0.3 is 0 Å². The molecule has 2 heterocycles. The fourth-order valence-corrected chi connectivity index (χ4v) is 4.18. The third-order valence-electron chi connectivity index (χ3n) is 4.63. The van der Waals surface area contributed by atoms with Crippen LogP contribution in [0.4, 0.5) is 0 Å². The summed E-state index contributed by atoms with van der Waals surface area (Å²) in [5.41, 5.74) is 0.396. The van der Waals surface area contributed by atoms with Crippen molar-refractivity contribution in [3.05, 3.63) is 75.8 Å². The van der Waals surface area contributed by atoms with E-state index in [1.165, 1.54) is 18.3 Å². The van der Waals surface area contributed by atoms with Gasteiger partial charge in [0.25, 0.3) is 21.5 Å². The van der Waals surface area contributed by atoms with Crippen molar-refractivity contribution in [1.29, 1.82) is 0 Å². The lowest BCUT2D eigenvalue weighted by Gasteiger charge is -2.15. The van der Waals surface area contributed by atoms with E-state index in [0.717, 1.165) is 22.6 Å². The largest absolute Gasteiger partial charge is 0.294 e. The molecular formula is C19H15N3O5S. The Morgan fingerprint density at radius 3 is 2.75 bits per heavy atom. The molecule has 28 heavy (non-hydrogen) atoms. The Kier molecular flexibility index (Phi) is 4.31. The molecule has 1 aliphatic carbocycles. The molecule has 0 bridgehead atoms. The highest BCUT2D eigenvalue weighted by Crippen LogP contribution is 2.24. The summed E-state index contributed by atoms with van der Waals surface area (Å²) in [4.78, 5) is 40.7. The molecule has 1 aromatic carbocycles. The zero-order chi connectivity index (χ0) is 19.9. The van der Waals surface area contributed by atoms with Crippen molar-refractivity contribution >= 4 is 27.4 Å². The number of amides is 1. The van der Waals surface area contributed by atoms with Crippen LogP contribution in [0.3, 0.4) is 0 Å². The molecule has 1 aliphatic rings. The number of carbonyl (C=O) groups excluding carboxylic acids is 2. The fraction of sp³-hybridized carbons (Fsp3) is 0.158. The van der Waals surface area contributed by atoms with Crippen LogP contribution in [-0.2, 0) is 16.4 Å². The number of hydrogen-bond acceptors (Lipinski definition) is 6. The Bertz CT molecular complexity index is 1290. The molecule has 0 radical (unpaired) electrons. The van der Waals surface area contributed by atoms with Crippen molar-refractivity contribution in [2.75, 3.05) is 0 Å². The number of nitrogens with zero attached hydrogens (tertiary/aromatic N) is 2. The Labute approximate surface area is 159 Å². The van der Waals surface area contributed by atoms with Crippen molar-refractivity contribution in [3.63, 3.8) is 0 Å². The third-order valence-corrected chi connectivity index (χ3v) is 5.96. The molecule has 4 rings (SSSR count). The number of benzene rings is 1. The van der Waals surface area contributed by atoms with Gasteiger partial charge in [0.2, 0.25) is 0 Å². The minimum atomic E-state index is -4.26. The van der Waals surface area contributed by atoms with Gasteiger partial charge >= 0.3 is 0 Å². The van der Waals surface area contributed by atoms with Gasteiger partial charge in [-0.1, -0.05) is 12.1 Å². The summed E-state index contributed by atoms with van der Waals surface area (Å²) in [7, 11) is -4.26. The number of aryl methyl sites for hydroxylation is 1. The summed E-state index contributed by atoms with van der Waals surface area (Å²) in [6.45, 7) is 0. The van der Waals surface area contributed by atoms with E-state index in [1.54, 1.807) is 24.3 Å². The molecule has 0 saturated heterocycles. The molecule has 142 valence electrons. The maximum atomic E-state index is 12.6. The Morgan fingerprint density at radius 1 is 1.11 bits per heavy atom. The normalized spacial score (nSPS) is 13.9. The smallest absolute Gasteiger partial charge is 0.272 e. The van der Waals surface area contributed by atoms with Crippen LogP contribution in [0.1, 0.15) is 39.1 Å². The molecule has 0 atom stereocenters. The second-order valence-corrected chi connectivity index (χ2v) is 8.12. The van der Waals surface area contributed by atoms with Crippen LogP contribution in [0.2, 0.25) is 0 Å². The molecule has 0 unspecified atom stereocenters. The first kappa shape index (κ1) is 18.1. The molecule has 1 amide bonds. The molecular weight excluding hydrogens is 382 g/mol. The van der Waals surface area contributed by atoms with Gasteiger partial charge in [0.15, 0.2) is 5.78 Å². The van der Waals surface area contributed by atoms with Crippen molar-refractivity contribution in [2.24, 2.45) is 0 Å². The van der Waals surface area contributed by atoms with E-state index in [2.05, 4.69) is 4.98 Å². The van der Waals surface area contributed by atoms with Crippen LogP contribution in [0.5, 0.6) is 0 Å². The molecule has 0 spiro atoms. The summed E-state index contributed by atoms with van der Waals surface area (Å²) >= 11 is 0. The van der Waals surface area contributed by atoms with Crippen LogP contribution in [-0.4, -0.2) is 29.5 Å². The lowest BCUT2D eigenvalue weighted by Crippen LogP contribution is -2.35. The quantitative estimate of drug-likeness (QED) is 0.713. The summed E-state index contributed by atoms with van der Waals surface area (Å²) in [5, 5.41) is 0. The molecule has 8 nitrogen and oxygen atoms in total. The van der Waals surface area contributed by atoms with E-state index in [9.17, 15) is 22.8 Å². The van der Waals surface area contributed by atoms with Gasteiger partial charge in [0.1, 0.15) is 11.2 Å². The van der Waals surface area contributed by atoms with Crippen LogP contribution < -0.4 is 10.3 Å². The van der Waals surface area contributed by atoms with Gasteiger partial charge in [-0.15, -0.1) is 0 Å². The van der Waals surface area contributed by atoms with E-state index in [0.29, 0.717) is 24.1 Å². The first-order valence-electron chi connectivity index (χ1n) is 8.56. The van der Waals surface area contributed by atoms with Crippen molar-refractivity contribution in [1.82, 2.24) is 14.1 Å². The average Bonchev–Trinajstić information content (AvgIpc) is 2.68. The lowest BCUT2D eigenvalue weighted by atomic mass is 9.91. The highest BCUT2D eigenvalue weighted by atomic mass is 32.2. The number of fused-ring (bicyclic) bond motifs is 2. The molecule has 0 aliphatic heterocycles. The molecule has 9 heteroatoms. The second-order valence-electron chi connectivity index (χ2n) is 6.44. The van der Waals surface area contributed by atoms with Gasteiger partial charge in [-0.2, -0.15) is 0 Å². The Balaban J connectivity index is 1.68. The van der Waals surface area contributed by atoms with E-state index in [-0.39, 0.29) is 10.7 Å². The summed E-state index contributed by atoms with van der Waals surface area (Å²) in [6.07, 6.45) is 4.27. The first-order chi connectivity index (χ1) is 13.4. The standard InChI is InChI=1S/C19H15N3O5S/c23-16-5-3-4-12-7-8-13(10-14(12)16)28(26,27)21-18(24)15-11-20-17-6-1-2-9-22(17)19(15)25/h1-2,6-11H,3-5H2,(H,21,24). The predicted octanol–water partition coefficient (Wildman–Crippen LogP) is 1.33. The number of carbonyl (C=O) groups is 2. The zero-order valence-electron chi connectivity index (χ0n) is 14.6.